The lowest BCUT2D eigenvalue weighted by atomic mass is 10.3. The van der Waals surface area contributed by atoms with E-state index in [9.17, 15) is 4.79 Å². The summed E-state index contributed by atoms with van der Waals surface area (Å²) in [6, 6.07) is -0.312. The van der Waals surface area contributed by atoms with Crippen LogP contribution in [0.25, 0.3) is 0 Å². The third-order valence-corrected chi connectivity index (χ3v) is 3.10. The molecule has 0 aliphatic carbocycles. The van der Waals surface area contributed by atoms with E-state index in [2.05, 4.69) is 10.3 Å². The number of amides is 1. The summed E-state index contributed by atoms with van der Waals surface area (Å²) in [7, 11) is 0. The third kappa shape index (κ3) is 2.63. The number of aromatic nitrogens is 3. The van der Waals surface area contributed by atoms with E-state index in [1.807, 2.05) is 11.8 Å². The van der Waals surface area contributed by atoms with Crippen LogP contribution in [-0.2, 0) is 11.2 Å². The number of carbonyl (C=O) groups excluding carboxylic acids is 1. The summed E-state index contributed by atoms with van der Waals surface area (Å²) in [6.45, 7) is 3.58. The van der Waals surface area contributed by atoms with E-state index >= 15 is 0 Å². The second kappa shape index (κ2) is 5.27. The number of nitrogens with zero attached hydrogens (tertiary/aromatic N) is 4. The molecule has 6 heteroatoms. The highest BCUT2D eigenvalue weighted by molar-refractivity contribution is 5.80. The van der Waals surface area contributed by atoms with E-state index in [1.54, 1.807) is 10.9 Å². The smallest absolute Gasteiger partial charge is 0.247 e. The first-order valence-electron chi connectivity index (χ1n) is 6.02. The van der Waals surface area contributed by atoms with Crippen molar-refractivity contribution in [2.24, 2.45) is 0 Å². The monoisotopic (exact) mass is 238 g/mol. The first-order valence-corrected chi connectivity index (χ1v) is 6.02. The van der Waals surface area contributed by atoms with E-state index in [1.165, 1.54) is 0 Å². The summed E-state index contributed by atoms with van der Waals surface area (Å²) in [6.07, 6.45) is 4.39. The average molecular weight is 238 g/mol. The number of hydrogen-bond donors (Lipinski definition) is 1. The molecule has 94 valence electrons. The summed E-state index contributed by atoms with van der Waals surface area (Å²) < 4.78 is 1.58. The van der Waals surface area contributed by atoms with Crippen LogP contribution >= 0.6 is 0 Å². The molecule has 1 aliphatic heterocycles. The number of aliphatic hydroxyl groups is 1. The van der Waals surface area contributed by atoms with Gasteiger partial charge in [-0.15, -0.1) is 5.10 Å². The lowest BCUT2D eigenvalue weighted by Gasteiger charge is -2.19. The largest absolute Gasteiger partial charge is 0.396 e. The summed E-state index contributed by atoms with van der Waals surface area (Å²) >= 11 is 0. The fraction of sp³-hybridized carbons (Fsp3) is 0.727. The van der Waals surface area contributed by atoms with E-state index < -0.39 is 0 Å². The van der Waals surface area contributed by atoms with Gasteiger partial charge in [-0.2, -0.15) is 0 Å². The molecule has 0 aromatic carbocycles. The Morgan fingerprint density at radius 3 is 2.88 bits per heavy atom. The van der Waals surface area contributed by atoms with E-state index in [4.69, 9.17) is 5.11 Å². The van der Waals surface area contributed by atoms with Crippen LogP contribution in [-0.4, -0.2) is 50.6 Å². The van der Waals surface area contributed by atoms with Crippen molar-refractivity contribution in [2.75, 3.05) is 19.7 Å². The number of rotatable bonds is 4. The minimum atomic E-state index is -0.312. The van der Waals surface area contributed by atoms with Crippen LogP contribution in [0.2, 0.25) is 0 Å². The Labute approximate surface area is 100 Å². The molecule has 1 aromatic heterocycles. The van der Waals surface area contributed by atoms with Gasteiger partial charge in [0.15, 0.2) is 0 Å². The molecule has 17 heavy (non-hydrogen) atoms. The normalized spacial score (nSPS) is 17.4. The van der Waals surface area contributed by atoms with Gasteiger partial charge in [-0.05, 0) is 19.8 Å². The van der Waals surface area contributed by atoms with Crippen LogP contribution in [0.5, 0.6) is 0 Å². The highest BCUT2D eigenvalue weighted by atomic mass is 16.3. The summed E-state index contributed by atoms with van der Waals surface area (Å²) in [5, 5.41) is 16.7. The zero-order valence-corrected chi connectivity index (χ0v) is 10.0. The van der Waals surface area contributed by atoms with Crippen LogP contribution in [0.1, 0.15) is 31.5 Å². The molecular weight excluding hydrogens is 220 g/mol. The molecule has 0 spiro atoms. The predicted molar refractivity (Wildman–Crippen MR) is 61.3 cm³/mol. The maximum absolute atomic E-state index is 12.1. The quantitative estimate of drug-likeness (QED) is 0.801. The molecule has 1 atom stereocenters. The zero-order valence-electron chi connectivity index (χ0n) is 10.0. The number of carbonyl (C=O) groups is 1. The number of likely N-dealkylation sites (tertiary alicyclic amines) is 1. The van der Waals surface area contributed by atoms with Gasteiger partial charge in [-0.1, -0.05) is 5.21 Å². The minimum absolute atomic E-state index is 0.0488. The van der Waals surface area contributed by atoms with E-state index in [0.29, 0.717) is 12.1 Å². The lowest BCUT2D eigenvalue weighted by molar-refractivity contribution is -0.133. The first-order chi connectivity index (χ1) is 8.22. The van der Waals surface area contributed by atoms with Crippen molar-refractivity contribution in [2.45, 2.75) is 32.2 Å². The molecule has 1 aromatic rings. The van der Waals surface area contributed by atoms with Gasteiger partial charge in [0.05, 0.1) is 5.69 Å². The Morgan fingerprint density at radius 2 is 2.24 bits per heavy atom. The van der Waals surface area contributed by atoms with Crippen molar-refractivity contribution in [3.8, 4) is 0 Å². The molecule has 1 fully saturated rings. The summed E-state index contributed by atoms with van der Waals surface area (Å²) in [4.78, 5) is 14.0. The predicted octanol–water partition coefficient (Wildman–Crippen LogP) is -0.00370. The third-order valence-electron chi connectivity index (χ3n) is 3.10. The van der Waals surface area contributed by atoms with Gasteiger partial charge in [0.25, 0.3) is 0 Å². The van der Waals surface area contributed by atoms with Gasteiger partial charge in [-0.25, -0.2) is 4.68 Å². The topological polar surface area (TPSA) is 71.2 Å². The van der Waals surface area contributed by atoms with E-state index in [-0.39, 0.29) is 18.6 Å². The van der Waals surface area contributed by atoms with Crippen LogP contribution in [0.4, 0.5) is 0 Å². The van der Waals surface area contributed by atoms with Crippen molar-refractivity contribution >= 4 is 5.91 Å². The van der Waals surface area contributed by atoms with E-state index in [0.717, 1.165) is 25.9 Å². The highest BCUT2D eigenvalue weighted by Crippen LogP contribution is 2.15. The molecule has 6 nitrogen and oxygen atoms in total. The average Bonchev–Trinajstić information content (AvgIpc) is 2.98. The van der Waals surface area contributed by atoms with Gasteiger partial charge in [-0.3, -0.25) is 4.79 Å². The van der Waals surface area contributed by atoms with Gasteiger partial charge >= 0.3 is 0 Å². The van der Waals surface area contributed by atoms with Crippen molar-refractivity contribution < 1.29 is 9.90 Å². The van der Waals surface area contributed by atoms with Gasteiger partial charge in [0.1, 0.15) is 6.04 Å². The van der Waals surface area contributed by atoms with Crippen molar-refractivity contribution in [3.63, 3.8) is 0 Å². The fourth-order valence-electron chi connectivity index (χ4n) is 2.05. The summed E-state index contributed by atoms with van der Waals surface area (Å²) in [5.74, 6) is 0.1000. The van der Waals surface area contributed by atoms with Crippen molar-refractivity contribution in [1.82, 2.24) is 19.9 Å². The maximum atomic E-state index is 12.1. The molecule has 2 rings (SSSR count). The second-order valence-corrected chi connectivity index (χ2v) is 4.37. The Morgan fingerprint density at radius 1 is 1.53 bits per heavy atom. The van der Waals surface area contributed by atoms with Gasteiger partial charge in [0, 0.05) is 32.3 Å². The molecule has 0 radical (unpaired) electrons. The van der Waals surface area contributed by atoms with Crippen LogP contribution in [0.15, 0.2) is 6.20 Å². The molecule has 1 unspecified atom stereocenters. The molecular formula is C11H18N4O2. The Bertz CT molecular complexity index is 385. The first kappa shape index (κ1) is 12.0. The Hall–Kier alpha value is -1.43. The second-order valence-electron chi connectivity index (χ2n) is 4.37. The molecule has 1 N–H and O–H groups in total. The molecule has 2 heterocycles. The lowest BCUT2D eigenvalue weighted by Crippen LogP contribution is -2.34. The number of aliphatic hydroxyl groups excluding tert-OH is 1. The SMILES string of the molecule is CC(C(=O)N1CCCC1)n1cc(CCO)nn1. The summed E-state index contributed by atoms with van der Waals surface area (Å²) in [5.41, 5.74) is 0.716. The molecule has 0 saturated carbocycles. The molecule has 0 bridgehead atoms. The molecule has 1 aliphatic rings. The van der Waals surface area contributed by atoms with Crippen LogP contribution in [0.3, 0.4) is 0 Å². The van der Waals surface area contributed by atoms with Crippen molar-refractivity contribution in [3.05, 3.63) is 11.9 Å². The Balaban J connectivity index is 2.02. The standard InChI is InChI=1S/C11H18N4O2/c1-9(11(17)14-5-2-3-6-14)15-8-10(4-7-16)12-13-15/h8-9,16H,2-7H2,1H3. The maximum Gasteiger partial charge on any atom is 0.247 e. The van der Waals surface area contributed by atoms with Crippen LogP contribution in [0, 0.1) is 0 Å². The molecule has 1 amide bonds. The molecule has 1 saturated heterocycles. The number of hydrogen-bond acceptors (Lipinski definition) is 4. The van der Waals surface area contributed by atoms with Crippen LogP contribution < -0.4 is 0 Å². The highest BCUT2D eigenvalue weighted by Gasteiger charge is 2.25. The zero-order chi connectivity index (χ0) is 12.3. The Kier molecular flexibility index (Phi) is 3.73. The van der Waals surface area contributed by atoms with Gasteiger partial charge < -0.3 is 10.0 Å². The fourth-order valence-corrected chi connectivity index (χ4v) is 2.05. The van der Waals surface area contributed by atoms with Gasteiger partial charge in [0.2, 0.25) is 5.91 Å². The van der Waals surface area contributed by atoms with Crippen molar-refractivity contribution in [1.29, 1.82) is 0 Å². The minimum Gasteiger partial charge on any atom is -0.396 e.